The Balaban J connectivity index is 2.28. The monoisotopic (exact) mass is 207 g/mol. The molecule has 0 amide bonds. The quantitative estimate of drug-likeness (QED) is 0.759. The first-order valence-electron chi connectivity index (χ1n) is 5.31. The smallest absolute Gasteiger partial charge is 0.124 e. The third-order valence-corrected chi connectivity index (χ3v) is 2.81. The van der Waals surface area contributed by atoms with Crippen molar-refractivity contribution in [3.05, 3.63) is 18.2 Å². The number of benzene rings is 1. The van der Waals surface area contributed by atoms with Crippen LogP contribution in [0.15, 0.2) is 18.2 Å². The second-order valence-electron chi connectivity index (χ2n) is 3.77. The summed E-state index contributed by atoms with van der Waals surface area (Å²) in [6.45, 7) is 2.27. The maximum atomic E-state index is 5.25. The van der Waals surface area contributed by atoms with Crippen molar-refractivity contribution in [1.29, 1.82) is 0 Å². The van der Waals surface area contributed by atoms with Gasteiger partial charge in [-0.15, -0.1) is 0 Å². The third-order valence-electron chi connectivity index (χ3n) is 2.81. The second-order valence-corrected chi connectivity index (χ2v) is 3.77. The largest absolute Gasteiger partial charge is 0.497 e. The van der Waals surface area contributed by atoms with Gasteiger partial charge in [-0.25, -0.2) is 0 Å². The summed E-state index contributed by atoms with van der Waals surface area (Å²) in [7, 11) is 3.37. The van der Waals surface area contributed by atoms with Crippen molar-refractivity contribution in [3.63, 3.8) is 0 Å². The van der Waals surface area contributed by atoms with Crippen LogP contribution in [0.3, 0.4) is 0 Å². The Hall–Kier alpha value is -1.38. The molecule has 1 aromatic rings. The number of nitrogens with zero attached hydrogens (tertiary/aromatic N) is 1. The number of methoxy groups -OCH3 is 2. The zero-order valence-corrected chi connectivity index (χ0v) is 9.32. The summed E-state index contributed by atoms with van der Waals surface area (Å²) in [5.41, 5.74) is 1.20. The summed E-state index contributed by atoms with van der Waals surface area (Å²) in [6, 6.07) is 6.03. The Morgan fingerprint density at radius 3 is 1.93 bits per heavy atom. The number of rotatable bonds is 3. The summed E-state index contributed by atoms with van der Waals surface area (Å²) in [6.07, 6.45) is 2.55. The maximum absolute atomic E-state index is 5.25. The number of hydrogen-bond donors (Lipinski definition) is 0. The van der Waals surface area contributed by atoms with Crippen LogP contribution in [-0.4, -0.2) is 27.3 Å². The predicted octanol–water partition coefficient (Wildman–Crippen LogP) is 2.30. The minimum absolute atomic E-state index is 0.858. The SMILES string of the molecule is COc1cc(OC)cc(N2CCCC2)c1. The lowest BCUT2D eigenvalue weighted by atomic mass is 10.2. The van der Waals surface area contributed by atoms with Gasteiger partial charge in [-0.1, -0.05) is 0 Å². The summed E-state index contributed by atoms with van der Waals surface area (Å²) < 4.78 is 10.5. The van der Waals surface area contributed by atoms with E-state index in [4.69, 9.17) is 9.47 Å². The van der Waals surface area contributed by atoms with Crippen LogP contribution in [0.25, 0.3) is 0 Å². The standard InChI is InChI=1S/C12H17NO2/c1-14-11-7-10(8-12(9-11)15-2)13-5-3-4-6-13/h7-9H,3-6H2,1-2H3. The van der Waals surface area contributed by atoms with Gasteiger partial charge in [-0.3, -0.25) is 0 Å². The van der Waals surface area contributed by atoms with Crippen LogP contribution in [0.1, 0.15) is 12.8 Å². The molecule has 0 radical (unpaired) electrons. The van der Waals surface area contributed by atoms with Crippen molar-refractivity contribution in [1.82, 2.24) is 0 Å². The van der Waals surface area contributed by atoms with Crippen LogP contribution < -0.4 is 14.4 Å². The molecule has 0 saturated carbocycles. The van der Waals surface area contributed by atoms with Crippen LogP contribution in [0.5, 0.6) is 11.5 Å². The molecule has 1 fully saturated rings. The van der Waals surface area contributed by atoms with Crippen molar-refractivity contribution < 1.29 is 9.47 Å². The first-order valence-corrected chi connectivity index (χ1v) is 5.31. The van der Waals surface area contributed by atoms with E-state index in [9.17, 15) is 0 Å². The zero-order chi connectivity index (χ0) is 10.7. The van der Waals surface area contributed by atoms with Crippen LogP contribution in [-0.2, 0) is 0 Å². The van der Waals surface area contributed by atoms with Gasteiger partial charge in [0.05, 0.1) is 14.2 Å². The molecular weight excluding hydrogens is 190 g/mol. The Kier molecular flexibility index (Phi) is 2.99. The van der Waals surface area contributed by atoms with E-state index in [-0.39, 0.29) is 0 Å². The summed E-state index contributed by atoms with van der Waals surface area (Å²) in [5, 5.41) is 0. The fourth-order valence-corrected chi connectivity index (χ4v) is 1.95. The van der Waals surface area contributed by atoms with Gasteiger partial charge in [0, 0.05) is 37.0 Å². The molecule has 0 spiro atoms. The maximum Gasteiger partial charge on any atom is 0.124 e. The van der Waals surface area contributed by atoms with Gasteiger partial charge in [0.25, 0.3) is 0 Å². The molecule has 0 N–H and O–H groups in total. The molecule has 82 valence electrons. The molecule has 1 aliphatic heterocycles. The van der Waals surface area contributed by atoms with Crippen LogP contribution in [0, 0.1) is 0 Å². The zero-order valence-electron chi connectivity index (χ0n) is 9.32. The Morgan fingerprint density at radius 2 is 1.47 bits per heavy atom. The van der Waals surface area contributed by atoms with Crippen molar-refractivity contribution in [2.24, 2.45) is 0 Å². The van der Waals surface area contributed by atoms with Gasteiger partial charge in [0.2, 0.25) is 0 Å². The molecule has 3 nitrogen and oxygen atoms in total. The molecule has 0 bridgehead atoms. The molecule has 1 aromatic carbocycles. The highest BCUT2D eigenvalue weighted by Gasteiger charge is 2.14. The van der Waals surface area contributed by atoms with E-state index < -0.39 is 0 Å². The second kappa shape index (κ2) is 4.43. The highest BCUT2D eigenvalue weighted by Crippen LogP contribution is 2.30. The number of anilines is 1. The summed E-state index contributed by atoms with van der Waals surface area (Å²) in [4.78, 5) is 2.37. The average Bonchev–Trinajstić information content (AvgIpc) is 2.81. The molecular formula is C12H17NO2. The number of ether oxygens (including phenoxy) is 2. The topological polar surface area (TPSA) is 21.7 Å². The lowest BCUT2D eigenvalue weighted by molar-refractivity contribution is 0.394. The van der Waals surface area contributed by atoms with Gasteiger partial charge >= 0.3 is 0 Å². The van der Waals surface area contributed by atoms with E-state index in [2.05, 4.69) is 17.0 Å². The van der Waals surface area contributed by atoms with E-state index in [1.807, 2.05) is 6.07 Å². The molecule has 1 saturated heterocycles. The van der Waals surface area contributed by atoms with E-state index in [1.165, 1.54) is 18.5 Å². The van der Waals surface area contributed by atoms with Gasteiger partial charge in [-0.2, -0.15) is 0 Å². The van der Waals surface area contributed by atoms with Gasteiger partial charge in [-0.05, 0) is 12.8 Å². The summed E-state index contributed by atoms with van der Waals surface area (Å²) in [5.74, 6) is 1.72. The first kappa shape index (κ1) is 10.1. The predicted molar refractivity (Wildman–Crippen MR) is 61.0 cm³/mol. The first-order chi connectivity index (χ1) is 7.33. The summed E-state index contributed by atoms with van der Waals surface area (Å²) >= 11 is 0. The van der Waals surface area contributed by atoms with Crippen molar-refractivity contribution in [2.75, 3.05) is 32.2 Å². The highest BCUT2D eigenvalue weighted by molar-refractivity contribution is 5.56. The van der Waals surface area contributed by atoms with E-state index >= 15 is 0 Å². The molecule has 0 aromatic heterocycles. The van der Waals surface area contributed by atoms with E-state index in [1.54, 1.807) is 14.2 Å². The van der Waals surface area contributed by atoms with Crippen molar-refractivity contribution in [2.45, 2.75) is 12.8 Å². The highest BCUT2D eigenvalue weighted by atomic mass is 16.5. The van der Waals surface area contributed by atoms with Crippen LogP contribution in [0.4, 0.5) is 5.69 Å². The molecule has 15 heavy (non-hydrogen) atoms. The molecule has 0 atom stereocenters. The number of hydrogen-bond acceptors (Lipinski definition) is 3. The third kappa shape index (κ3) is 2.17. The van der Waals surface area contributed by atoms with E-state index in [0.29, 0.717) is 0 Å². The molecule has 0 unspecified atom stereocenters. The minimum Gasteiger partial charge on any atom is -0.497 e. The molecule has 1 heterocycles. The minimum atomic E-state index is 0.858. The Bertz CT molecular complexity index is 310. The lowest BCUT2D eigenvalue weighted by Gasteiger charge is -2.19. The fraction of sp³-hybridized carbons (Fsp3) is 0.500. The van der Waals surface area contributed by atoms with Crippen molar-refractivity contribution in [3.8, 4) is 11.5 Å². The molecule has 2 rings (SSSR count). The van der Waals surface area contributed by atoms with Crippen molar-refractivity contribution >= 4 is 5.69 Å². The average molecular weight is 207 g/mol. The normalized spacial score (nSPS) is 15.5. The molecule has 1 aliphatic rings. The lowest BCUT2D eigenvalue weighted by Crippen LogP contribution is -2.17. The fourth-order valence-electron chi connectivity index (χ4n) is 1.95. The van der Waals surface area contributed by atoms with Gasteiger partial charge < -0.3 is 14.4 Å². The molecule has 3 heteroatoms. The Morgan fingerprint density at radius 1 is 0.933 bits per heavy atom. The Labute approximate surface area is 90.6 Å². The van der Waals surface area contributed by atoms with E-state index in [0.717, 1.165) is 24.6 Å². The van der Waals surface area contributed by atoms with Crippen LogP contribution >= 0.6 is 0 Å². The van der Waals surface area contributed by atoms with Crippen LogP contribution in [0.2, 0.25) is 0 Å². The molecule has 0 aliphatic carbocycles. The van der Waals surface area contributed by atoms with Gasteiger partial charge in [0.1, 0.15) is 11.5 Å². The van der Waals surface area contributed by atoms with Gasteiger partial charge in [0.15, 0.2) is 0 Å².